The standard InChI is InChI=1S/C15H13BrN2O/c1-19-14-6-2-11(3-7-14)10-18-15-8-13(16)5-4-12(15)9-17-18/h2-9H,10H2,1H3. The van der Waals surface area contributed by atoms with Crippen LogP contribution in [-0.4, -0.2) is 16.9 Å². The van der Waals surface area contributed by atoms with E-state index in [-0.39, 0.29) is 0 Å². The Morgan fingerprint density at radius 1 is 1.16 bits per heavy atom. The average molecular weight is 317 g/mol. The normalized spacial score (nSPS) is 10.8. The van der Waals surface area contributed by atoms with E-state index in [1.165, 1.54) is 5.56 Å². The molecule has 0 unspecified atom stereocenters. The van der Waals surface area contributed by atoms with Crippen molar-refractivity contribution >= 4 is 26.8 Å². The molecular weight excluding hydrogens is 304 g/mol. The topological polar surface area (TPSA) is 27.1 Å². The minimum Gasteiger partial charge on any atom is -0.497 e. The molecule has 3 nitrogen and oxygen atoms in total. The van der Waals surface area contributed by atoms with Crippen LogP contribution >= 0.6 is 15.9 Å². The summed E-state index contributed by atoms with van der Waals surface area (Å²) in [7, 11) is 1.67. The molecule has 2 aromatic carbocycles. The minimum absolute atomic E-state index is 0.754. The lowest BCUT2D eigenvalue weighted by Crippen LogP contribution is -2.01. The number of hydrogen-bond acceptors (Lipinski definition) is 2. The van der Waals surface area contributed by atoms with Crippen LogP contribution in [0.2, 0.25) is 0 Å². The van der Waals surface area contributed by atoms with Gasteiger partial charge in [-0.3, -0.25) is 4.68 Å². The van der Waals surface area contributed by atoms with Crippen molar-refractivity contribution in [3.05, 3.63) is 58.7 Å². The fourth-order valence-corrected chi connectivity index (χ4v) is 2.42. The summed E-state index contributed by atoms with van der Waals surface area (Å²) < 4.78 is 8.23. The molecule has 0 spiro atoms. The second kappa shape index (κ2) is 5.05. The van der Waals surface area contributed by atoms with Gasteiger partial charge in [0.15, 0.2) is 0 Å². The second-order valence-corrected chi connectivity index (χ2v) is 5.27. The van der Waals surface area contributed by atoms with Crippen molar-refractivity contribution in [2.75, 3.05) is 7.11 Å². The molecule has 96 valence electrons. The van der Waals surface area contributed by atoms with Crippen molar-refractivity contribution in [3.8, 4) is 5.75 Å². The molecule has 0 saturated heterocycles. The molecule has 4 heteroatoms. The van der Waals surface area contributed by atoms with Gasteiger partial charge in [0.05, 0.1) is 25.4 Å². The molecular formula is C15H13BrN2O. The third kappa shape index (κ3) is 2.49. The number of fused-ring (bicyclic) bond motifs is 1. The Morgan fingerprint density at radius 2 is 1.95 bits per heavy atom. The van der Waals surface area contributed by atoms with Gasteiger partial charge < -0.3 is 4.74 Å². The molecule has 0 aliphatic heterocycles. The van der Waals surface area contributed by atoms with E-state index in [0.29, 0.717) is 0 Å². The molecule has 3 aromatic rings. The fourth-order valence-electron chi connectivity index (χ4n) is 2.07. The summed E-state index contributed by atoms with van der Waals surface area (Å²) in [6, 6.07) is 14.2. The Bertz CT molecular complexity index is 704. The maximum absolute atomic E-state index is 5.16. The first kappa shape index (κ1) is 12.2. The van der Waals surface area contributed by atoms with Gasteiger partial charge in [-0.15, -0.1) is 0 Å². The maximum Gasteiger partial charge on any atom is 0.118 e. The Hall–Kier alpha value is -1.81. The number of nitrogens with zero attached hydrogens (tertiary/aromatic N) is 2. The summed E-state index contributed by atoms with van der Waals surface area (Å²) in [4.78, 5) is 0. The fraction of sp³-hybridized carbons (Fsp3) is 0.133. The first-order valence-corrected chi connectivity index (χ1v) is 6.79. The van der Waals surface area contributed by atoms with Crippen LogP contribution in [0.25, 0.3) is 10.9 Å². The smallest absolute Gasteiger partial charge is 0.118 e. The quantitative estimate of drug-likeness (QED) is 0.733. The van der Waals surface area contributed by atoms with E-state index in [9.17, 15) is 0 Å². The van der Waals surface area contributed by atoms with Crippen LogP contribution in [0, 0.1) is 0 Å². The Kier molecular flexibility index (Phi) is 3.25. The van der Waals surface area contributed by atoms with E-state index < -0.39 is 0 Å². The highest BCUT2D eigenvalue weighted by Gasteiger charge is 2.04. The lowest BCUT2D eigenvalue weighted by molar-refractivity contribution is 0.414. The van der Waals surface area contributed by atoms with Gasteiger partial charge in [0.25, 0.3) is 0 Å². The summed E-state index contributed by atoms with van der Waals surface area (Å²) in [6.07, 6.45) is 1.89. The van der Waals surface area contributed by atoms with Crippen LogP contribution in [0.3, 0.4) is 0 Å². The van der Waals surface area contributed by atoms with E-state index >= 15 is 0 Å². The Morgan fingerprint density at radius 3 is 2.68 bits per heavy atom. The van der Waals surface area contributed by atoms with Crippen LogP contribution in [0.5, 0.6) is 5.75 Å². The number of ether oxygens (including phenoxy) is 1. The zero-order chi connectivity index (χ0) is 13.2. The molecule has 0 saturated carbocycles. The van der Waals surface area contributed by atoms with Gasteiger partial charge in [-0.25, -0.2) is 0 Å². The third-order valence-corrected chi connectivity index (χ3v) is 3.59. The summed E-state index contributed by atoms with van der Waals surface area (Å²) >= 11 is 3.50. The highest BCUT2D eigenvalue weighted by molar-refractivity contribution is 9.10. The molecule has 1 heterocycles. The lowest BCUT2D eigenvalue weighted by atomic mass is 10.2. The first-order valence-electron chi connectivity index (χ1n) is 6.00. The van der Waals surface area contributed by atoms with Crippen LogP contribution in [0.1, 0.15) is 5.56 Å². The van der Waals surface area contributed by atoms with E-state index in [0.717, 1.165) is 27.7 Å². The van der Waals surface area contributed by atoms with Gasteiger partial charge in [-0.1, -0.05) is 34.1 Å². The summed E-state index contributed by atoms with van der Waals surface area (Å²) in [5, 5.41) is 5.59. The van der Waals surface area contributed by atoms with Gasteiger partial charge in [-0.2, -0.15) is 5.10 Å². The maximum atomic E-state index is 5.16. The van der Waals surface area contributed by atoms with Gasteiger partial charge in [0.2, 0.25) is 0 Å². The summed E-state index contributed by atoms with van der Waals surface area (Å²) in [5.41, 5.74) is 2.33. The van der Waals surface area contributed by atoms with Crippen molar-refractivity contribution in [1.82, 2.24) is 9.78 Å². The van der Waals surface area contributed by atoms with Gasteiger partial charge in [-0.05, 0) is 29.8 Å². The molecule has 0 fully saturated rings. The monoisotopic (exact) mass is 316 g/mol. The van der Waals surface area contributed by atoms with Gasteiger partial charge in [0.1, 0.15) is 5.75 Å². The van der Waals surface area contributed by atoms with E-state index in [2.05, 4.69) is 45.3 Å². The molecule has 0 bridgehead atoms. The highest BCUT2D eigenvalue weighted by atomic mass is 79.9. The largest absolute Gasteiger partial charge is 0.497 e. The molecule has 0 atom stereocenters. The molecule has 0 aliphatic rings. The van der Waals surface area contributed by atoms with E-state index in [1.807, 2.05) is 29.1 Å². The Labute approximate surface area is 119 Å². The number of benzene rings is 2. The second-order valence-electron chi connectivity index (χ2n) is 4.35. The van der Waals surface area contributed by atoms with Crippen LogP contribution in [0.15, 0.2) is 53.1 Å². The molecule has 0 N–H and O–H groups in total. The molecule has 3 rings (SSSR count). The third-order valence-electron chi connectivity index (χ3n) is 3.10. The first-order chi connectivity index (χ1) is 9.26. The zero-order valence-corrected chi connectivity index (χ0v) is 12.1. The molecule has 0 radical (unpaired) electrons. The number of rotatable bonds is 3. The molecule has 1 aromatic heterocycles. The molecule has 19 heavy (non-hydrogen) atoms. The van der Waals surface area contributed by atoms with Crippen molar-refractivity contribution in [1.29, 1.82) is 0 Å². The van der Waals surface area contributed by atoms with Gasteiger partial charge in [0, 0.05) is 9.86 Å². The Balaban J connectivity index is 1.93. The van der Waals surface area contributed by atoms with Crippen LogP contribution in [0.4, 0.5) is 0 Å². The number of methoxy groups -OCH3 is 1. The van der Waals surface area contributed by atoms with E-state index in [1.54, 1.807) is 7.11 Å². The summed E-state index contributed by atoms with van der Waals surface area (Å²) in [6.45, 7) is 0.754. The van der Waals surface area contributed by atoms with Crippen LogP contribution in [-0.2, 0) is 6.54 Å². The SMILES string of the molecule is COc1ccc(Cn2ncc3ccc(Br)cc32)cc1. The predicted octanol–water partition coefficient (Wildman–Crippen LogP) is 3.86. The summed E-state index contributed by atoms with van der Waals surface area (Å²) in [5.74, 6) is 0.872. The van der Waals surface area contributed by atoms with Crippen molar-refractivity contribution < 1.29 is 4.74 Å². The van der Waals surface area contributed by atoms with E-state index in [4.69, 9.17) is 4.74 Å². The number of aromatic nitrogens is 2. The zero-order valence-electron chi connectivity index (χ0n) is 10.5. The number of hydrogen-bond donors (Lipinski definition) is 0. The van der Waals surface area contributed by atoms with Crippen molar-refractivity contribution in [2.24, 2.45) is 0 Å². The molecule has 0 aliphatic carbocycles. The average Bonchev–Trinajstić information content (AvgIpc) is 2.82. The van der Waals surface area contributed by atoms with Gasteiger partial charge >= 0.3 is 0 Å². The highest BCUT2D eigenvalue weighted by Crippen LogP contribution is 2.20. The lowest BCUT2D eigenvalue weighted by Gasteiger charge is -2.05. The van der Waals surface area contributed by atoms with Crippen LogP contribution < -0.4 is 4.74 Å². The predicted molar refractivity (Wildman–Crippen MR) is 79.5 cm³/mol. The molecule has 0 amide bonds. The number of halogens is 1. The van der Waals surface area contributed by atoms with Crippen molar-refractivity contribution in [3.63, 3.8) is 0 Å². The minimum atomic E-state index is 0.754. The van der Waals surface area contributed by atoms with Crippen molar-refractivity contribution in [2.45, 2.75) is 6.54 Å².